The quantitative estimate of drug-likeness (QED) is 0.525. The van der Waals surface area contributed by atoms with Gasteiger partial charge in [-0.1, -0.05) is 0 Å². The van der Waals surface area contributed by atoms with E-state index in [1.165, 1.54) is 12.3 Å². The molecule has 1 fully saturated rings. The van der Waals surface area contributed by atoms with Crippen LogP contribution in [0.1, 0.15) is 6.23 Å². The van der Waals surface area contributed by atoms with Gasteiger partial charge in [0.05, 0.1) is 6.10 Å². The number of anilines is 1. The van der Waals surface area contributed by atoms with E-state index in [4.69, 9.17) is 10.5 Å². The molecule has 7 heteroatoms. The maximum Gasteiger partial charge on any atom is 0.351 e. The van der Waals surface area contributed by atoms with Crippen LogP contribution in [0.25, 0.3) is 0 Å². The summed E-state index contributed by atoms with van der Waals surface area (Å²) in [5.74, 6) is 0.0838. The minimum absolute atomic E-state index is 0.0838. The van der Waals surface area contributed by atoms with E-state index in [-0.39, 0.29) is 5.82 Å². The number of ether oxygens (including phenoxy) is 1. The lowest BCUT2D eigenvalue weighted by molar-refractivity contribution is -0.0300. The Kier molecular flexibility index (Phi) is 2.66. The van der Waals surface area contributed by atoms with Crippen molar-refractivity contribution < 1.29 is 14.9 Å². The van der Waals surface area contributed by atoms with Crippen molar-refractivity contribution in [2.75, 3.05) is 5.73 Å². The van der Waals surface area contributed by atoms with Crippen LogP contribution in [0.4, 0.5) is 5.82 Å². The van der Waals surface area contributed by atoms with Crippen molar-refractivity contribution in [1.29, 1.82) is 0 Å². The molecule has 4 N–H and O–H groups in total. The lowest BCUT2D eigenvalue weighted by Gasteiger charge is -2.16. The third-order valence-corrected chi connectivity index (χ3v) is 2.46. The van der Waals surface area contributed by atoms with Crippen molar-refractivity contribution >= 4 is 5.82 Å². The van der Waals surface area contributed by atoms with E-state index in [9.17, 15) is 15.0 Å². The highest BCUT2D eigenvalue weighted by molar-refractivity contribution is 5.23. The summed E-state index contributed by atoms with van der Waals surface area (Å²) in [4.78, 5) is 15.0. The number of nitrogens with two attached hydrogens (primary N) is 1. The molecule has 7 nitrogen and oxygen atoms in total. The van der Waals surface area contributed by atoms with Gasteiger partial charge >= 0.3 is 5.69 Å². The summed E-state index contributed by atoms with van der Waals surface area (Å²) in [7, 11) is 0. The zero-order chi connectivity index (χ0) is 11.9. The van der Waals surface area contributed by atoms with E-state index in [0.29, 0.717) is 0 Å². The zero-order valence-corrected chi connectivity index (χ0v) is 8.35. The van der Waals surface area contributed by atoms with Gasteiger partial charge in [-0.2, -0.15) is 4.98 Å². The smallest absolute Gasteiger partial charge is 0.351 e. The van der Waals surface area contributed by atoms with E-state index in [1.807, 2.05) is 0 Å². The molecule has 1 radical (unpaired) electrons. The topological polar surface area (TPSA) is 111 Å². The average molecular weight is 226 g/mol. The van der Waals surface area contributed by atoms with Crippen molar-refractivity contribution in [2.24, 2.45) is 0 Å². The van der Waals surface area contributed by atoms with Crippen LogP contribution in [-0.4, -0.2) is 38.1 Å². The predicted molar refractivity (Wildman–Crippen MR) is 54.2 cm³/mol. The van der Waals surface area contributed by atoms with Gasteiger partial charge in [-0.05, 0) is 13.0 Å². The molecule has 0 saturated carbocycles. The van der Waals surface area contributed by atoms with Crippen molar-refractivity contribution in [3.63, 3.8) is 0 Å². The standard InChI is InChI=1S/C9H12N3O4/c1-4-6(13)7(14)8(16-4)12-3-2-5(10)11-9(12)15/h2-4,6-8,13-14H,1H2,(H2,10,11,15)/t4-,6-,7+,8-/m1/s1. The zero-order valence-electron chi connectivity index (χ0n) is 8.35. The molecule has 87 valence electrons. The summed E-state index contributed by atoms with van der Waals surface area (Å²) >= 11 is 0. The lowest BCUT2D eigenvalue weighted by Crippen LogP contribution is -2.35. The van der Waals surface area contributed by atoms with Crippen molar-refractivity contribution in [1.82, 2.24) is 9.55 Å². The number of hydrogen-bond donors (Lipinski definition) is 3. The highest BCUT2D eigenvalue weighted by Crippen LogP contribution is 2.27. The molecule has 1 aromatic heterocycles. The Bertz CT molecular complexity index is 447. The lowest BCUT2D eigenvalue weighted by atomic mass is 10.1. The van der Waals surface area contributed by atoms with Crippen LogP contribution in [0.2, 0.25) is 0 Å². The number of nitrogen functional groups attached to an aromatic ring is 1. The summed E-state index contributed by atoms with van der Waals surface area (Å²) in [6, 6.07) is 1.40. The Morgan fingerprint density at radius 3 is 2.69 bits per heavy atom. The van der Waals surface area contributed by atoms with E-state index in [0.717, 1.165) is 4.57 Å². The van der Waals surface area contributed by atoms with Crippen molar-refractivity contribution in [2.45, 2.75) is 24.5 Å². The summed E-state index contributed by atoms with van der Waals surface area (Å²) in [6.07, 6.45) is -2.77. The highest BCUT2D eigenvalue weighted by Gasteiger charge is 2.41. The monoisotopic (exact) mass is 226 g/mol. The van der Waals surface area contributed by atoms with Crippen LogP contribution in [-0.2, 0) is 4.74 Å². The first-order valence-electron chi connectivity index (χ1n) is 4.70. The number of hydrogen-bond acceptors (Lipinski definition) is 6. The van der Waals surface area contributed by atoms with Gasteiger partial charge in [-0.3, -0.25) is 4.57 Å². The second kappa shape index (κ2) is 3.85. The Balaban J connectivity index is 2.35. The minimum Gasteiger partial charge on any atom is -0.388 e. The third-order valence-electron chi connectivity index (χ3n) is 2.46. The van der Waals surface area contributed by atoms with E-state index in [2.05, 4.69) is 11.9 Å². The molecule has 0 bridgehead atoms. The Hall–Kier alpha value is -1.44. The van der Waals surface area contributed by atoms with E-state index in [1.54, 1.807) is 0 Å². The van der Waals surface area contributed by atoms with Gasteiger partial charge in [0.2, 0.25) is 0 Å². The Morgan fingerprint density at radius 2 is 2.19 bits per heavy atom. The normalized spacial score (nSPS) is 34.2. The molecule has 0 aromatic carbocycles. The highest BCUT2D eigenvalue weighted by atomic mass is 16.6. The molecule has 0 aliphatic carbocycles. The van der Waals surface area contributed by atoms with Gasteiger partial charge in [0.15, 0.2) is 6.23 Å². The van der Waals surface area contributed by atoms with Crippen LogP contribution in [0, 0.1) is 6.92 Å². The Morgan fingerprint density at radius 1 is 1.50 bits per heavy atom. The van der Waals surface area contributed by atoms with Crippen LogP contribution in [0.15, 0.2) is 17.1 Å². The number of aliphatic hydroxyl groups excluding tert-OH is 2. The first-order chi connectivity index (χ1) is 7.50. The maximum absolute atomic E-state index is 11.5. The molecule has 1 aromatic rings. The van der Waals surface area contributed by atoms with E-state index < -0.39 is 30.2 Å². The first kappa shape index (κ1) is 11.1. The molecule has 1 saturated heterocycles. The summed E-state index contributed by atoms with van der Waals surface area (Å²) < 4.78 is 6.23. The second-order valence-corrected chi connectivity index (χ2v) is 3.59. The molecule has 0 unspecified atom stereocenters. The van der Waals surface area contributed by atoms with E-state index >= 15 is 0 Å². The van der Waals surface area contributed by atoms with Gasteiger partial charge in [0.25, 0.3) is 0 Å². The van der Waals surface area contributed by atoms with Gasteiger partial charge in [0.1, 0.15) is 18.0 Å². The summed E-state index contributed by atoms with van der Waals surface area (Å²) in [5.41, 5.74) is 4.68. The van der Waals surface area contributed by atoms with Crippen LogP contribution >= 0.6 is 0 Å². The van der Waals surface area contributed by atoms with Crippen molar-refractivity contribution in [3.05, 3.63) is 29.7 Å². The van der Waals surface area contributed by atoms with Gasteiger partial charge in [-0.25, -0.2) is 4.79 Å². The maximum atomic E-state index is 11.5. The SMILES string of the molecule is [CH2][C@H]1O[C@@H](n2ccc(N)nc2=O)[C@@H](O)[C@@H]1O. The van der Waals surface area contributed by atoms with Gasteiger partial charge in [-0.15, -0.1) is 0 Å². The Labute approximate surface area is 91.1 Å². The minimum atomic E-state index is -1.22. The number of aliphatic hydroxyl groups is 2. The molecule has 1 aliphatic rings. The third kappa shape index (κ3) is 1.69. The average Bonchev–Trinajstić information content (AvgIpc) is 2.46. The predicted octanol–water partition coefficient (Wildman–Crippen LogP) is -1.72. The molecule has 0 amide bonds. The van der Waals surface area contributed by atoms with Crippen LogP contribution in [0.3, 0.4) is 0 Å². The largest absolute Gasteiger partial charge is 0.388 e. The molecular formula is C9H12N3O4. The number of rotatable bonds is 1. The fourth-order valence-electron chi connectivity index (χ4n) is 1.58. The van der Waals surface area contributed by atoms with Crippen LogP contribution < -0.4 is 11.4 Å². The van der Waals surface area contributed by atoms with Gasteiger partial charge < -0.3 is 20.7 Å². The molecule has 1 aliphatic heterocycles. The summed E-state index contributed by atoms with van der Waals surface area (Å²) in [5, 5.41) is 19.1. The van der Waals surface area contributed by atoms with Crippen LogP contribution in [0.5, 0.6) is 0 Å². The number of nitrogens with zero attached hydrogens (tertiary/aromatic N) is 2. The van der Waals surface area contributed by atoms with Crippen molar-refractivity contribution in [3.8, 4) is 0 Å². The molecule has 2 heterocycles. The second-order valence-electron chi connectivity index (χ2n) is 3.59. The molecule has 0 spiro atoms. The fraction of sp³-hybridized carbons (Fsp3) is 0.444. The fourth-order valence-corrected chi connectivity index (χ4v) is 1.58. The molecule has 16 heavy (non-hydrogen) atoms. The molecule has 4 atom stereocenters. The summed E-state index contributed by atoms with van der Waals surface area (Å²) in [6.45, 7) is 3.50. The first-order valence-corrected chi connectivity index (χ1v) is 4.70. The number of aromatic nitrogens is 2. The van der Waals surface area contributed by atoms with Gasteiger partial charge in [0, 0.05) is 6.20 Å². The molecule has 2 rings (SSSR count). The molecular weight excluding hydrogens is 214 g/mol.